The van der Waals surface area contributed by atoms with Crippen molar-refractivity contribution in [3.63, 3.8) is 0 Å². The molecule has 548 valence electrons. The zero-order valence-electron chi connectivity index (χ0n) is 58.3. The van der Waals surface area contributed by atoms with Crippen LogP contribution in [0.15, 0.2) is 329 Å². The van der Waals surface area contributed by atoms with Crippen LogP contribution in [0.2, 0.25) is 10.3 Å². The maximum Gasteiger partial charge on any atom is -0.0134 e. The monoisotopic (exact) mass is 1820 g/mol. The third-order valence-electron chi connectivity index (χ3n) is 16.6. The van der Waals surface area contributed by atoms with E-state index in [2.05, 4.69) is 294 Å². The Morgan fingerprint density at radius 2 is 0.764 bits per heavy atom. The first-order valence-electron chi connectivity index (χ1n) is 33.8. The molecule has 110 heavy (non-hydrogen) atoms. The maximum absolute atomic E-state index is 8.87. The summed E-state index contributed by atoms with van der Waals surface area (Å²) >= 11 is 18.5. The fourth-order valence-corrected chi connectivity index (χ4v) is 19.7. The molecule has 0 amide bonds. The molecule has 27 heteroatoms. The smallest absolute Gasteiger partial charge is 0.0134 e. The number of aromatic nitrogens is 12. The largest absolute Gasteiger partial charge is 0.0622 e. The SMILES string of the molecule is Cc1ccc(Nc2ccc3ncc(-c4cc5cnccc5s4)n3n2)cc1C.Clc1ccc2ncc(-c3cc4cnccc4s3)n2n1.Clc1ccc2ncc(I)n2n1.OB(O)c1cc2cnccc2s1.[Cl][Pd][Cl].c1ccc(P(c2ccccc2)c2ccccc2)cc1.c1ccc(P(c2ccccc2)c2ccccc2)cc1. The van der Waals surface area contributed by atoms with Gasteiger partial charge in [0, 0.05) is 77.9 Å². The minimum absolute atomic E-state index is 0.106. The van der Waals surface area contributed by atoms with Crippen LogP contribution in [0, 0.1) is 17.5 Å². The molecule has 0 aliphatic heterocycles. The second kappa shape index (κ2) is 39.2. The van der Waals surface area contributed by atoms with Gasteiger partial charge in [-0.3, -0.25) is 15.0 Å². The molecule has 0 saturated heterocycles. The molecule has 0 atom stereocenters. The van der Waals surface area contributed by atoms with Crippen LogP contribution < -0.4 is 41.9 Å². The number of nitrogens with zero attached hydrogens (tertiary/aromatic N) is 12. The Labute approximate surface area is 689 Å². The van der Waals surface area contributed by atoms with E-state index in [1.54, 1.807) is 74.7 Å². The Bertz CT molecular complexity index is 5740. The molecule has 0 fully saturated rings. The number of hydrogen-bond acceptors (Lipinski definition) is 15. The molecular weight excluding hydrogens is 1760 g/mol. The Morgan fingerprint density at radius 1 is 0.400 bits per heavy atom. The van der Waals surface area contributed by atoms with Crippen molar-refractivity contribution in [3.05, 3.63) is 354 Å². The van der Waals surface area contributed by atoms with Crippen LogP contribution >= 0.6 is 115 Å². The minimum Gasteiger partial charge on any atom is -0.0622 e. The molecule has 3 N–H and O–H groups in total. The summed E-state index contributed by atoms with van der Waals surface area (Å²) < 4.78 is 10.3. The van der Waals surface area contributed by atoms with Gasteiger partial charge in [-0.1, -0.05) is 211 Å². The number of thiophene rings is 3. The molecule has 19 aromatic rings. The van der Waals surface area contributed by atoms with Crippen molar-refractivity contribution in [3.8, 4) is 21.1 Å². The molecule has 0 aliphatic rings. The van der Waals surface area contributed by atoms with Gasteiger partial charge in [0.2, 0.25) is 0 Å². The van der Waals surface area contributed by atoms with Crippen molar-refractivity contribution in [1.29, 1.82) is 0 Å². The fraction of sp³-hybridized carbons (Fsp3) is 0.0241. The van der Waals surface area contributed by atoms with Crippen LogP contribution in [-0.2, 0) is 15.9 Å². The Morgan fingerprint density at radius 3 is 1.15 bits per heavy atom. The van der Waals surface area contributed by atoms with E-state index in [4.69, 9.17) is 57.4 Å². The first-order chi connectivity index (χ1) is 53.8. The molecule has 0 aliphatic carbocycles. The van der Waals surface area contributed by atoms with Gasteiger partial charge in [-0.2, -0.15) is 10.2 Å². The summed E-state index contributed by atoms with van der Waals surface area (Å²) in [6.45, 7) is 4.23. The second-order valence-electron chi connectivity index (χ2n) is 23.8. The predicted octanol–water partition coefficient (Wildman–Crippen LogP) is 19.3. The van der Waals surface area contributed by atoms with Crippen LogP contribution in [-0.4, -0.2) is 75.9 Å². The van der Waals surface area contributed by atoms with E-state index in [-0.39, 0.29) is 15.9 Å². The quantitative estimate of drug-likeness (QED) is 0.0634. The molecule has 0 saturated carbocycles. The third-order valence-corrected chi connectivity index (χ3v) is 26.0. The van der Waals surface area contributed by atoms with Gasteiger partial charge in [-0.05, 0) is 180 Å². The summed E-state index contributed by atoms with van der Waals surface area (Å²) in [7, 11) is 7.36. The number of benzene rings is 7. The summed E-state index contributed by atoms with van der Waals surface area (Å²) in [6.07, 6.45) is 16.2. The van der Waals surface area contributed by atoms with Gasteiger partial charge in [0.1, 0.15) is 25.4 Å². The zero-order chi connectivity index (χ0) is 76.1. The summed E-state index contributed by atoms with van der Waals surface area (Å²) in [4.78, 5) is 27.4. The molecule has 0 unspecified atom stereocenters. The van der Waals surface area contributed by atoms with Crippen molar-refractivity contribution in [2.45, 2.75) is 13.8 Å². The number of fused-ring (bicyclic) bond motifs is 6. The summed E-state index contributed by atoms with van der Waals surface area (Å²) in [5.74, 6) is 0.785. The van der Waals surface area contributed by atoms with Gasteiger partial charge in [0.25, 0.3) is 0 Å². The number of anilines is 2. The van der Waals surface area contributed by atoms with Crippen molar-refractivity contribution >= 4 is 217 Å². The predicted molar refractivity (Wildman–Crippen MR) is 470 cm³/mol. The van der Waals surface area contributed by atoms with Crippen molar-refractivity contribution < 1.29 is 26.0 Å². The van der Waals surface area contributed by atoms with Crippen LogP contribution in [0.5, 0.6) is 0 Å². The number of nitrogens with one attached hydrogen (secondary N) is 1. The van der Waals surface area contributed by atoms with Gasteiger partial charge < -0.3 is 15.4 Å². The van der Waals surface area contributed by atoms with E-state index in [1.807, 2.05) is 78.0 Å². The Hall–Kier alpha value is -9.07. The van der Waals surface area contributed by atoms with E-state index in [0.29, 0.717) is 15.1 Å². The average molecular weight is 1820 g/mol. The molecule has 12 aromatic heterocycles. The molecular formula is C83H63BCl4IN13O2P2PdS3. The normalized spacial score (nSPS) is 10.8. The van der Waals surface area contributed by atoms with E-state index in [9.17, 15) is 0 Å². The second-order valence-corrected chi connectivity index (χ2v) is 35.8. The Balaban J connectivity index is 0.000000118. The first-order valence-corrected chi connectivity index (χ1v) is 44.8. The number of aryl methyl sites for hydroxylation is 2. The molecule has 19 rings (SSSR count). The number of halogens is 5. The first kappa shape index (κ1) is 79.0. The van der Waals surface area contributed by atoms with Gasteiger partial charge in [-0.15, -0.1) is 39.1 Å². The van der Waals surface area contributed by atoms with Gasteiger partial charge in [0.05, 0.1) is 28.3 Å². The molecule has 12 heterocycles. The van der Waals surface area contributed by atoms with Gasteiger partial charge in [-0.25, -0.2) is 28.5 Å². The summed E-state index contributed by atoms with van der Waals surface area (Å²) in [5, 5.41) is 46.8. The Kier molecular flexibility index (Phi) is 28.2. The van der Waals surface area contributed by atoms with E-state index in [0.717, 1.165) is 74.1 Å². The summed E-state index contributed by atoms with van der Waals surface area (Å²) in [6, 6.07) is 93.9. The number of pyridine rings is 3. The molecule has 0 bridgehead atoms. The van der Waals surface area contributed by atoms with Crippen LogP contribution in [0.25, 0.3) is 68.3 Å². The third kappa shape index (κ3) is 20.5. The molecule has 7 aromatic carbocycles. The topological polar surface area (TPSA) is 182 Å². The van der Waals surface area contributed by atoms with Gasteiger partial charge >= 0.3 is 42.1 Å². The number of imidazole rings is 3. The van der Waals surface area contributed by atoms with Crippen molar-refractivity contribution in [1.82, 2.24) is 58.7 Å². The standard InChI is InChI=1S/C21H17N5S.2C18H15P.C13H7ClN4S.C7H6BNO2S.C6H3ClIN3.2ClH.Pd/c1-13-3-4-16(9-14(13)2)24-20-5-6-21-23-12-17(26(21)25-20)19-10-15-11-22-8-7-18(15)27-19;2*1-4-10-16(11-5-1)19(17-12-6-2-7-13-17)18-14-8-3-9-15-18;14-12-1-2-13-16-7-9(18(13)17-12)11-5-8-6-15-4-3-10(8)19-11;10-8(11)7-3-5-4-9-2-1-6(5)12-7;7-4-1-2-6-9-3-5(8)11(6)10-4;;;/h3-12H,1-2H3,(H,24,25);2*1-15H;1-7H;1-4,10-11H;1-3H;2*1H;/q;;;;;;;;+2/p-2. The van der Waals surface area contributed by atoms with E-state index < -0.39 is 23.0 Å². The number of hydrogen-bond donors (Lipinski definition) is 3. The van der Waals surface area contributed by atoms with Crippen molar-refractivity contribution in [2.75, 3.05) is 5.32 Å². The van der Waals surface area contributed by atoms with Crippen LogP contribution in [0.4, 0.5) is 11.5 Å². The van der Waals surface area contributed by atoms with E-state index in [1.165, 1.54) is 63.7 Å². The molecule has 0 spiro atoms. The van der Waals surface area contributed by atoms with Crippen LogP contribution in [0.3, 0.4) is 0 Å². The minimum atomic E-state index is -1.37. The zero-order valence-corrected chi connectivity index (χ0v) is 69.3. The van der Waals surface area contributed by atoms with Crippen molar-refractivity contribution in [2.24, 2.45) is 0 Å². The van der Waals surface area contributed by atoms with Gasteiger partial charge in [0.15, 0.2) is 22.8 Å². The maximum atomic E-state index is 8.87. The van der Waals surface area contributed by atoms with Crippen LogP contribution in [0.1, 0.15) is 11.1 Å². The number of rotatable bonds is 11. The molecule has 15 nitrogen and oxygen atoms in total. The summed E-state index contributed by atoms with van der Waals surface area (Å²) in [5.41, 5.74) is 7.91. The average Bonchev–Trinajstić information content (AvgIpc) is 1.62. The molecule has 0 radical (unpaired) electrons. The fourth-order valence-electron chi connectivity index (χ4n) is 11.3. The van der Waals surface area contributed by atoms with E-state index >= 15 is 0 Å².